The first-order valence-electron chi connectivity index (χ1n) is 6.68. The summed E-state index contributed by atoms with van der Waals surface area (Å²) < 4.78 is 13.3. The Labute approximate surface area is 115 Å². The van der Waals surface area contributed by atoms with E-state index in [9.17, 15) is 19.1 Å². The maximum absolute atomic E-state index is 13.3. The average Bonchev–Trinajstić information content (AvgIpc) is 2.59. The molecule has 106 valence electrons. The molecule has 1 fully saturated rings. The van der Waals surface area contributed by atoms with E-state index in [0.29, 0.717) is 18.5 Å². The lowest BCUT2D eigenvalue weighted by atomic mass is 10.1. The highest BCUT2D eigenvalue weighted by molar-refractivity contribution is 6.01. The minimum Gasteiger partial charge on any atom is -0.507 e. The third kappa shape index (κ3) is 2.01. The summed E-state index contributed by atoms with van der Waals surface area (Å²) in [6.07, 6.45) is 2.33. The first kappa shape index (κ1) is 12.9. The molecule has 1 atom stereocenters. The van der Waals surface area contributed by atoms with Crippen LogP contribution in [0.3, 0.4) is 0 Å². The molecular weight excluding hydrogens is 263 g/mol. The van der Waals surface area contributed by atoms with E-state index in [0.717, 1.165) is 25.0 Å². The number of hydrogen-bond acceptors (Lipinski definition) is 3. The van der Waals surface area contributed by atoms with Crippen LogP contribution in [0.4, 0.5) is 4.39 Å². The van der Waals surface area contributed by atoms with E-state index in [1.807, 2.05) is 0 Å². The van der Waals surface area contributed by atoms with Crippen molar-refractivity contribution >= 4 is 11.8 Å². The summed E-state index contributed by atoms with van der Waals surface area (Å²) in [7, 11) is 0. The third-order valence-corrected chi connectivity index (χ3v) is 3.89. The molecule has 1 aromatic rings. The van der Waals surface area contributed by atoms with Crippen molar-refractivity contribution in [3.63, 3.8) is 0 Å². The standard InChI is InChI=1S/C14H15FN2O3/c15-8-5-9-10(12(18)6-8)7-17(14(9)20)11-3-1-2-4-16-13(11)19/h5-6,11,18H,1-4,7H2,(H,16,19). The Kier molecular flexibility index (Phi) is 3.08. The fourth-order valence-electron chi connectivity index (χ4n) is 2.85. The van der Waals surface area contributed by atoms with E-state index in [-0.39, 0.29) is 23.8 Å². The number of hydrogen-bond donors (Lipinski definition) is 2. The zero-order valence-corrected chi connectivity index (χ0v) is 10.9. The van der Waals surface area contributed by atoms with Crippen molar-refractivity contribution in [1.82, 2.24) is 10.2 Å². The fourth-order valence-corrected chi connectivity index (χ4v) is 2.85. The van der Waals surface area contributed by atoms with Crippen LogP contribution in [0.15, 0.2) is 12.1 Å². The molecule has 0 radical (unpaired) electrons. The zero-order valence-electron chi connectivity index (χ0n) is 10.9. The Hall–Kier alpha value is -2.11. The Morgan fingerprint density at radius 3 is 2.90 bits per heavy atom. The van der Waals surface area contributed by atoms with Crippen molar-refractivity contribution in [2.75, 3.05) is 6.54 Å². The lowest BCUT2D eigenvalue weighted by molar-refractivity contribution is -0.125. The number of benzene rings is 1. The number of amides is 2. The molecule has 0 saturated carbocycles. The van der Waals surface area contributed by atoms with Crippen molar-refractivity contribution in [2.24, 2.45) is 0 Å². The van der Waals surface area contributed by atoms with Crippen LogP contribution in [-0.4, -0.2) is 34.4 Å². The monoisotopic (exact) mass is 278 g/mol. The van der Waals surface area contributed by atoms with Crippen LogP contribution in [0, 0.1) is 5.82 Å². The molecule has 5 nitrogen and oxygen atoms in total. The van der Waals surface area contributed by atoms with Gasteiger partial charge in [-0.1, -0.05) is 0 Å². The number of phenols is 1. The number of fused-ring (bicyclic) bond motifs is 1. The van der Waals surface area contributed by atoms with E-state index in [1.165, 1.54) is 4.90 Å². The number of aromatic hydroxyl groups is 1. The third-order valence-electron chi connectivity index (χ3n) is 3.89. The van der Waals surface area contributed by atoms with Crippen molar-refractivity contribution < 1.29 is 19.1 Å². The molecule has 0 aliphatic carbocycles. The normalized spacial score (nSPS) is 22.4. The Morgan fingerprint density at radius 2 is 2.10 bits per heavy atom. The molecule has 2 aliphatic rings. The number of carbonyl (C=O) groups is 2. The maximum Gasteiger partial charge on any atom is 0.255 e. The average molecular weight is 278 g/mol. The summed E-state index contributed by atoms with van der Waals surface area (Å²) in [5.74, 6) is -1.45. The second kappa shape index (κ2) is 4.77. The highest BCUT2D eigenvalue weighted by atomic mass is 19.1. The van der Waals surface area contributed by atoms with Gasteiger partial charge in [0.2, 0.25) is 5.91 Å². The summed E-state index contributed by atoms with van der Waals surface area (Å²) in [5.41, 5.74) is 0.549. The van der Waals surface area contributed by atoms with E-state index in [1.54, 1.807) is 0 Å². The number of halogens is 1. The molecule has 20 heavy (non-hydrogen) atoms. The largest absolute Gasteiger partial charge is 0.507 e. The molecule has 2 aliphatic heterocycles. The smallest absolute Gasteiger partial charge is 0.255 e. The first-order valence-corrected chi connectivity index (χ1v) is 6.68. The van der Waals surface area contributed by atoms with E-state index in [2.05, 4.69) is 5.32 Å². The van der Waals surface area contributed by atoms with Gasteiger partial charge in [0, 0.05) is 18.2 Å². The van der Waals surface area contributed by atoms with Crippen LogP contribution in [-0.2, 0) is 11.3 Å². The Bertz CT molecular complexity index is 588. The molecule has 0 spiro atoms. The number of rotatable bonds is 1. The van der Waals surface area contributed by atoms with Gasteiger partial charge < -0.3 is 15.3 Å². The van der Waals surface area contributed by atoms with Gasteiger partial charge in [-0.05, 0) is 25.3 Å². The summed E-state index contributed by atoms with van der Waals surface area (Å²) in [5, 5.41) is 12.5. The Morgan fingerprint density at radius 1 is 1.30 bits per heavy atom. The SMILES string of the molecule is O=C1NCCCCC1N1Cc2c(O)cc(F)cc2C1=O. The van der Waals surface area contributed by atoms with Gasteiger partial charge in [-0.3, -0.25) is 9.59 Å². The summed E-state index contributed by atoms with van der Waals surface area (Å²) in [4.78, 5) is 25.8. The van der Waals surface area contributed by atoms with Gasteiger partial charge >= 0.3 is 0 Å². The Balaban J connectivity index is 1.93. The van der Waals surface area contributed by atoms with Gasteiger partial charge in [0.15, 0.2) is 0 Å². The maximum atomic E-state index is 13.3. The number of nitrogens with one attached hydrogen (secondary N) is 1. The summed E-state index contributed by atoms with van der Waals surface area (Å²) in [6.45, 7) is 0.766. The molecule has 0 aromatic heterocycles. The molecule has 1 unspecified atom stereocenters. The van der Waals surface area contributed by atoms with Gasteiger partial charge in [-0.15, -0.1) is 0 Å². The fraction of sp³-hybridized carbons (Fsp3) is 0.429. The minimum atomic E-state index is -0.651. The van der Waals surface area contributed by atoms with E-state index >= 15 is 0 Å². The quantitative estimate of drug-likeness (QED) is 0.809. The van der Waals surface area contributed by atoms with Crippen molar-refractivity contribution in [1.29, 1.82) is 0 Å². The molecular formula is C14H15FN2O3. The van der Waals surface area contributed by atoms with Crippen molar-refractivity contribution in [3.05, 3.63) is 29.1 Å². The number of carbonyl (C=O) groups excluding carboxylic acids is 2. The number of nitrogens with zero attached hydrogens (tertiary/aromatic N) is 1. The van der Waals surface area contributed by atoms with Gasteiger partial charge in [-0.25, -0.2) is 4.39 Å². The van der Waals surface area contributed by atoms with Crippen molar-refractivity contribution in [3.8, 4) is 5.75 Å². The topological polar surface area (TPSA) is 69.6 Å². The summed E-state index contributed by atoms with van der Waals surface area (Å²) >= 11 is 0. The van der Waals surface area contributed by atoms with E-state index in [4.69, 9.17) is 0 Å². The minimum absolute atomic E-state index is 0.151. The van der Waals surface area contributed by atoms with Gasteiger partial charge in [-0.2, -0.15) is 0 Å². The zero-order chi connectivity index (χ0) is 14.3. The van der Waals surface area contributed by atoms with Gasteiger partial charge in [0.1, 0.15) is 17.6 Å². The van der Waals surface area contributed by atoms with Gasteiger partial charge in [0.25, 0.3) is 5.91 Å². The number of phenolic OH excluding ortho intramolecular Hbond substituents is 1. The highest BCUT2D eigenvalue weighted by Crippen LogP contribution is 2.33. The first-order chi connectivity index (χ1) is 9.58. The van der Waals surface area contributed by atoms with Crippen LogP contribution < -0.4 is 5.32 Å². The predicted octanol–water partition coefficient (Wildman–Crippen LogP) is 1.16. The molecule has 6 heteroatoms. The molecule has 1 saturated heterocycles. The molecule has 1 aromatic carbocycles. The van der Waals surface area contributed by atoms with Crippen LogP contribution in [0.25, 0.3) is 0 Å². The lowest BCUT2D eigenvalue weighted by Crippen LogP contribution is -2.45. The van der Waals surface area contributed by atoms with Gasteiger partial charge in [0.05, 0.1) is 12.1 Å². The molecule has 2 heterocycles. The molecule has 2 N–H and O–H groups in total. The molecule has 3 rings (SSSR count). The van der Waals surface area contributed by atoms with Crippen molar-refractivity contribution in [2.45, 2.75) is 31.8 Å². The van der Waals surface area contributed by atoms with Crippen LogP contribution in [0.1, 0.15) is 35.2 Å². The summed E-state index contributed by atoms with van der Waals surface area (Å²) in [6, 6.07) is 1.56. The highest BCUT2D eigenvalue weighted by Gasteiger charge is 2.38. The lowest BCUT2D eigenvalue weighted by Gasteiger charge is -2.25. The predicted molar refractivity (Wildman–Crippen MR) is 68.6 cm³/mol. The second-order valence-electron chi connectivity index (χ2n) is 5.19. The molecule has 2 amide bonds. The second-order valence-corrected chi connectivity index (χ2v) is 5.19. The van der Waals surface area contributed by atoms with Crippen LogP contribution in [0.2, 0.25) is 0 Å². The molecule has 0 bridgehead atoms. The van der Waals surface area contributed by atoms with Crippen LogP contribution in [0.5, 0.6) is 5.75 Å². The van der Waals surface area contributed by atoms with Crippen LogP contribution >= 0.6 is 0 Å². The van der Waals surface area contributed by atoms with E-state index < -0.39 is 17.8 Å².